The van der Waals surface area contributed by atoms with E-state index in [1.54, 1.807) is 0 Å². The van der Waals surface area contributed by atoms with Gasteiger partial charge in [0.25, 0.3) is 0 Å². The molecular weight excluding hydrogens is 226 g/mol. The van der Waals surface area contributed by atoms with Crippen LogP contribution in [0.2, 0.25) is 0 Å². The summed E-state index contributed by atoms with van der Waals surface area (Å²) in [4.78, 5) is 9.37. The second-order valence-corrected chi connectivity index (χ2v) is 4.77. The molecule has 4 heteroatoms. The van der Waals surface area contributed by atoms with E-state index in [1.807, 2.05) is 0 Å². The number of anilines is 1. The van der Waals surface area contributed by atoms with Crippen LogP contribution < -0.4 is 5.32 Å². The molecule has 0 amide bonds. The molecule has 0 bridgehead atoms. The van der Waals surface area contributed by atoms with E-state index < -0.39 is 0 Å². The Labute approximate surface area is 109 Å². The molecule has 0 unspecified atom stereocenters. The van der Waals surface area contributed by atoms with E-state index in [9.17, 15) is 0 Å². The van der Waals surface area contributed by atoms with Crippen LogP contribution in [0.4, 0.5) is 5.82 Å². The van der Waals surface area contributed by atoms with E-state index >= 15 is 0 Å². The highest BCUT2D eigenvalue weighted by atomic mass is 16.5. The largest absolute Gasteiger partial charge is 0.381 e. The van der Waals surface area contributed by atoms with Crippen LogP contribution in [0.25, 0.3) is 0 Å². The molecule has 0 saturated carbocycles. The molecule has 4 nitrogen and oxygen atoms in total. The third-order valence-corrected chi connectivity index (χ3v) is 3.25. The first-order chi connectivity index (χ1) is 8.83. The Hall–Kier alpha value is -1.16. The number of rotatable bonds is 5. The lowest BCUT2D eigenvalue weighted by Gasteiger charge is -2.21. The van der Waals surface area contributed by atoms with E-state index in [0.29, 0.717) is 5.92 Å². The minimum absolute atomic E-state index is 0.466. The van der Waals surface area contributed by atoms with Gasteiger partial charge in [-0.15, -0.1) is 0 Å². The summed E-state index contributed by atoms with van der Waals surface area (Å²) in [5.74, 6) is 2.44. The Morgan fingerprint density at radius 2 is 2.06 bits per heavy atom. The summed E-state index contributed by atoms with van der Waals surface area (Å²) in [5.41, 5.74) is 1.16. The Balaban J connectivity index is 2.20. The fourth-order valence-corrected chi connectivity index (χ4v) is 2.31. The van der Waals surface area contributed by atoms with Gasteiger partial charge in [-0.3, -0.25) is 0 Å². The molecule has 0 atom stereocenters. The number of aryl methyl sites for hydroxylation is 1. The Morgan fingerprint density at radius 3 is 2.72 bits per heavy atom. The van der Waals surface area contributed by atoms with Crippen LogP contribution in [0.3, 0.4) is 0 Å². The molecule has 0 radical (unpaired) electrons. The molecular formula is C14H23N3O. The van der Waals surface area contributed by atoms with Crippen molar-refractivity contribution in [2.24, 2.45) is 0 Å². The van der Waals surface area contributed by atoms with Gasteiger partial charge in [-0.1, -0.05) is 13.3 Å². The van der Waals surface area contributed by atoms with Crippen LogP contribution >= 0.6 is 0 Å². The highest BCUT2D eigenvalue weighted by molar-refractivity contribution is 5.36. The van der Waals surface area contributed by atoms with Gasteiger partial charge in [0.05, 0.1) is 0 Å². The summed E-state index contributed by atoms with van der Waals surface area (Å²) in [6.45, 7) is 6.85. The fourth-order valence-electron chi connectivity index (χ4n) is 2.31. The molecule has 0 spiro atoms. The van der Waals surface area contributed by atoms with Gasteiger partial charge in [0.15, 0.2) is 0 Å². The molecule has 100 valence electrons. The number of hydrogen-bond acceptors (Lipinski definition) is 4. The maximum atomic E-state index is 5.41. The third kappa shape index (κ3) is 3.42. The Bertz CT molecular complexity index is 351. The lowest BCUT2D eigenvalue weighted by atomic mass is 9.99. The van der Waals surface area contributed by atoms with E-state index in [-0.39, 0.29) is 0 Å². The molecule has 1 aliphatic rings. The van der Waals surface area contributed by atoms with Crippen molar-refractivity contribution in [2.75, 3.05) is 25.1 Å². The van der Waals surface area contributed by atoms with E-state index in [4.69, 9.17) is 9.72 Å². The first-order valence-corrected chi connectivity index (χ1v) is 7.03. The van der Waals surface area contributed by atoms with Crippen molar-refractivity contribution >= 4 is 5.82 Å². The lowest BCUT2D eigenvalue weighted by Crippen LogP contribution is -2.17. The van der Waals surface area contributed by atoms with Gasteiger partial charge >= 0.3 is 0 Å². The zero-order valence-electron chi connectivity index (χ0n) is 11.4. The molecule has 1 N–H and O–H groups in total. The summed E-state index contributed by atoms with van der Waals surface area (Å²) >= 11 is 0. The fraction of sp³-hybridized carbons (Fsp3) is 0.714. The molecule has 1 aliphatic heterocycles. The minimum Gasteiger partial charge on any atom is -0.381 e. The molecule has 2 rings (SSSR count). The molecule has 0 aliphatic carbocycles. The van der Waals surface area contributed by atoms with Gasteiger partial charge in [0, 0.05) is 37.4 Å². The molecule has 1 saturated heterocycles. The summed E-state index contributed by atoms with van der Waals surface area (Å²) < 4.78 is 5.41. The first kappa shape index (κ1) is 13.3. The molecule has 1 fully saturated rings. The van der Waals surface area contributed by atoms with E-state index in [1.165, 1.54) is 0 Å². The normalized spacial score (nSPS) is 16.8. The van der Waals surface area contributed by atoms with Crippen molar-refractivity contribution in [3.63, 3.8) is 0 Å². The van der Waals surface area contributed by atoms with Crippen molar-refractivity contribution in [1.29, 1.82) is 0 Å². The molecule has 1 aromatic heterocycles. The zero-order valence-corrected chi connectivity index (χ0v) is 11.4. The van der Waals surface area contributed by atoms with Gasteiger partial charge in [0.2, 0.25) is 0 Å². The second kappa shape index (κ2) is 6.69. The van der Waals surface area contributed by atoms with Crippen LogP contribution in [0.5, 0.6) is 0 Å². The molecule has 2 heterocycles. The average Bonchev–Trinajstić information content (AvgIpc) is 2.40. The number of nitrogens with one attached hydrogen (secondary N) is 1. The molecule has 18 heavy (non-hydrogen) atoms. The van der Waals surface area contributed by atoms with Crippen molar-refractivity contribution < 1.29 is 4.74 Å². The second-order valence-electron chi connectivity index (χ2n) is 4.77. The number of nitrogens with zero attached hydrogens (tertiary/aromatic N) is 2. The topological polar surface area (TPSA) is 47.0 Å². The van der Waals surface area contributed by atoms with E-state index in [0.717, 1.165) is 62.8 Å². The van der Waals surface area contributed by atoms with Crippen molar-refractivity contribution in [3.05, 3.63) is 17.6 Å². The predicted octanol–water partition coefficient (Wildman–Crippen LogP) is 2.75. The molecule has 0 aromatic carbocycles. The SMILES string of the molecule is CCCc1cc(NCC)nc(C2CCOCC2)n1. The van der Waals surface area contributed by atoms with Crippen LogP contribution in [0.15, 0.2) is 6.07 Å². The van der Waals surface area contributed by atoms with Crippen molar-refractivity contribution in [2.45, 2.75) is 45.4 Å². The molecule has 1 aromatic rings. The van der Waals surface area contributed by atoms with Gasteiger partial charge in [-0.05, 0) is 26.2 Å². The average molecular weight is 249 g/mol. The highest BCUT2D eigenvalue weighted by Crippen LogP contribution is 2.25. The number of hydrogen-bond donors (Lipinski definition) is 1. The summed E-state index contributed by atoms with van der Waals surface area (Å²) in [6.07, 6.45) is 4.23. The van der Waals surface area contributed by atoms with Crippen LogP contribution in [-0.2, 0) is 11.2 Å². The van der Waals surface area contributed by atoms with Gasteiger partial charge in [0.1, 0.15) is 11.6 Å². The monoisotopic (exact) mass is 249 g/mol. The Kier molecular flexibility index (Phi) is 4.93. The zero-order chi connectivity index (χ0) is 12.8. The standard InChI is InChI=1S/C14H23N3O/c1-3-5-12-10-13(15-4-2)17-14(16-12)11-6-8-18-9-7-11/h10-11H,3-9H2,1-2H3,(H,15,16,17). The summed E-state index contributed by atoms with van der Waals surface area (Å²) in [7, 11) is 0. The predicted molar refractivity (Wildman–Crippen MR) is 73.0 cm³/mol. The maximum absolute atomic E-state index is 5.41. The summed E-state index contributed by atoms with van der Waals surface area (Å²) in [5, 5.41) is 3.30. The van der Waals surface area contributed by atoms with Gasteiger partial charge < -0.3 is 10.1 Å². The van der Waals surface area contributed by atoms with Crippen LogP contribution in [0.1, 0.15) is 50.5 Å². The highest BCUT2D eigenvalue weighted by Gasteiger charge is 2.19. The Morgan fingerprint density at radius 1 is 1.28 bits per heavy atom. The van der Waals surface area contributed by atoms with E-state index in [2.05, 4.69) is 30.2 Å². The van der Waals surface area contributed by atoms with Crippen LogP contribution in [-0.4, -0.2) is 29.7 Å². The number of ether oxygens (including phenoxy) is 1. The number of aromatic nitrogens is 2. The van der Waals surface area contributed by atoms with Gasteiger partial charge in [-0.25, -0.2) is 9.97 Å². The van der Waals surface area contributed by atoms with Gasteiger partial charge in [-0.2, -0.15) is 0 Å². The van der Waals surface area contributed by atoms with Crippen molar-refractivity contribution in [3.8, 4) is 0 Å². The third-order valence-electron chi connectivity index (χ3n) is 3.25. The maximum Gasteiger partial charge on any atom is 0.134 e. The smallest absolute Gasteiger partial charge is 0.134 e. The summed E-state index contributed by atoms with van der Waals surface area (Å²) in [6, 6.07) is 2.08. The minimum atomic E-state index is 0.466. The lowest BCUT2D eigenvalue weighted by molar-refractivity contribution is 0.0835. The first-order valence-electron chi connectivity index (χ1n) is 7.03. The quantitative estimate of drug-likeness (QED) is 0.871. The van der Waals surface area contributed by atoms with Crippen molar-refractivity contribution in [1.82, 2.24) is 9.97 Å². The van der Waals surface area contributed by atoms with Crippen LogP contribution in [0, 0.1) is 0 Å².